The zero-order chi connectivity index (χ0) is 25.9. The van der Waals surface area contributed by atoms with E-state index in [1.54, 1.807) is 4.90 Å². The molecule has 1 aliphatic rings. The van der Waals surface area contributed by atoms with E-state index in [0.717, 1.165) is 12.5 Å². The van der Waals surface area contributed by atoms with Gasteiger partial charge >= 0.3 is 6.18 Å². The number of aliphatic hydroxyl groups is 2. The summed E-state index contributed by atoms with van der Waals surface area (Å²) in [6.45, 7) is 5.08. The highest BCUT2D eigenvalue weighted by Gasteiger charge is 2.40. The lowest BCUT2D eigenvalue weighted by atomic mass is 10.00. The molecule has 3 heterocycles. The highest BCUT2D eigenvalue weighted by atomic mass is 32.2. The number of hydrogen-bond donors (Lipinski definition) is 2. The summed E-state index contributed by atoms with van der Waals surface area (Å²) in [6, 6.07) is 2.50. The minimum atomic E-state index is -4.77. The first kappa shape index (κ1) is 25.3. The van der Waals surface area contributed by atoms with Crippen molar-refractivity contribution in [1.29, 1.82) is 0 Å². The third-order valence-corrected chi connectivity index (χ3v) is 7.28. The summed E-state index contributed by atoms with van der Waals surface area (Å²) in [6.07, 6.45) is -4.11. The molecule has 1 aliphatic heterocycles. The molecule has 0 saturated carbocycles. The van der Waals surface area contributed by atoms with Crippen molar-refractivity contribution in [3.05, 3.63) is 41.0 Å². The summed E-state index contributed by atoms with van der Waals surface area (Å²) in [5.74, 6) is 0.283. The summed E-state index contributed by atoms with van der Waals surface area (Å²) < 4.78 is 67.5. The smallest absolute Gasteiger partial charge is 0.392 e. The van der Waals surface area contributed by atoms with Crippen LogP contribution in [0.1, 0.15) is 55.6 Å². The predicted molar refractivity (Wildman–Crippen MR) is 121 cm³/mol. The Hall–Kier alpha value is -2.77. The predicted octanol–water partition coefficient (Wildman–Crippen LogP) is 3.01. The number of imidazole rings is 1. The normalized spacial score (nSPS) is 17.8. The van der Waals surface area contributed by atoms with Crippen LogP contribution in [-0.4, -0.2) is 51.0 Å². The van der Waals surface area contributed by atoms with Gasteiger partial charge in [0.15, 0.2) is 15.5 Å². The molecular weight excluding hydrogens is 487 g/mol. The molecule has 35 heavy (non-hydrogen) atoms. The molecule has 13 heteroatoms. The first-order valence-electron chi connectivity index (χ1n) is 11.0. The largest absolute Gasteiger partial charge is 0.433 e. The van der Waals surface area contributed by atoms with E-state index in [1.165, 1.54) is 19.1 Å². The van der Waals surface area contributed by atoms with Crippen LogP contribution in [0.3, 0.4) is 0 Å². The van der Waals surface area contributed by atoms with Crippen molar-refractivity contribution < 1.29 is 31.8 Å². The van der Waals surface area contributed by atoms with Gasteiger partial charge in [0.25, 0.3) is 0 Å². The fourth-order valence-corrected chi connectivity index (χ4v) is 5.49. The molecule has 1 aromatic carbocycles. The van der Waals surface area contributed by atoms with Gasteiger partial charge in [-0.1, -0.05) is 13.8 Å². The quantitative estimate of drug-likeness (QED) is 0.534. The second-order valence-electron chi connectivity index (χ2n) is 9.03. The maximum absolute atomic E-state index is 13.7. The average molecular weight is 514 g/mol. The number of benzene rings is 1. The van der Waals surface area contributed by atoms with Crippen molar-refractivity contribution in [2.45, 2.75) is 57.1 Å². The highest BCUT2D eigenvalue weighted by Crippen LogP contribution is 2.39. The Balaban J connectivity index is 1.88. The zero-order valence-corrected chi connectivity index (χ0v) is 20.4. The number of sulfone groups is 1. The van der Waals surface area contributed by atoms with Crippen molar-refractivity contribution in [3.63, 3.8) is 0 Å². The summed E-state index contributed by atoms with van der Waals surface area (Å²) in [5, 5.41) is 19.5. The number of aliphatic hydroxyl groups excluding tert-OH is 2. The van der Waals surface area contributed by atoms with E-state index in [0.29, 0.717) is 23.4 Å². The third-order valence-electron chi connectivity index (χ3n) is 6.11. The minimum Gasteiger partial charge on any atom is -0.392 e. The number of anilines is 1. The van der Waals surface area contributed by atoms with E-state index in [2.05, 4.69) is 15.0 Å². The van der Waals surface area contributed by atoms with E-state index in [1.807, 2.05) is 18.4 Å². The molecular formula is C22H26F3N5O4S. The Bertz CT molecular complexity index is 1390. The van der Waals surface area contributed by atoms with Crippen LogP contribution in [-0.2, 0) is 29.2 Å². The Morgan fingerprint density at radius 1 is 1.17 bits per heavy atom. The number of halogens is 3. The number of nitrogens with zero attached hydrogens (tertiary/aromatic N) is 5. The molecule has 0 saturated heterocycles. The van der Waals surface area contributed by atoms with Crippen LogP contribution in [0.2, 0.25) is 0 Å². The molecule has 0 aliphatic carbocycles. The lowest BCUT2D eigenvalue weighted by Gasteiger charge is -2.38. The zero-order valence-electron chi connectivity index (χ0n) is 19.6. The fourth-order valence-electron chi connectivity index (χ4n) is 4.57. The Morgan fingerprint density at radius 2 is 1.86 bits per heavy atom. The van der Waals surface area contributed by atoms with Crippen LogP contribution >= 0.6 is 0 Å². The fraction of sp³-hybridized carbons (Fsp3) is 0.500. The summed E-state index contributed by atoms with van der Waals surface area (Å²) in [5.41, 5.74) is -0.337. The number of aromatic nitrogens is 4. The summed E-state index contributed by atoms with van der Waals surface area (Å²) in [7, 11) is -3.61. The van der Waals surface area contributed by atoms with Gasteiger partial charge in [0.05, 0.1) is 34.7 Å². The minimum absolute atomic E-state index is 0.00518. The van der Waals surface area contributed by atoms with Crippen LogP contribution in [0.15, 0.2) is 23.2 Å². The van der Waals surface area contributed by atoms with E-state index in [9.17, 15) is 31.8 Å². The van der Waals surface area contributed by atoms with Crippen molar-refractivity contribution in [3.8, 4) is 0 Å². The van der Waals surface area contributed by atoms with E-state index >= 15 is 0 Å². The van der Waals surface area contributed by atoms with Crippen molar-refractivity contribution in [2.24, 2.45) is 5.92 Å². The van der Waals surface area contributed by atoms with Crippen LogP contribution in [0.25, 0.3) is 11.0 Å². The Kier molecular flexibility index (Phi) is 6.31. The second kappa shape index (κ2) is 8.71. The molecule has 0 bridgehead atoms. The highest BCUT2D eigenvalue weighted by molar-refractivity contribution is 7.90. The molecule has 0 amide bonds. The van der Waals surface area contributed by atoms with Gasteiger partial charge in [0.2, 0.25) is 5.95 Å². The SMILES string of the molecule is CC(O)c1cnc(N2CCn3c(nc4cc(CO)c(S(C)(=O)=O)cc43)[C@H]2C(C)C)nc1C(F)(F)F. The van der Waals surface area contributed by atoms with Gasteiger partial charge in [-0.25, -0.2) is 23.4 Å². The molecule has 4 rings (SSSR count). The number of rotatable bonds is 5. The second-order valence-corrected chi connectivity index (χ2v) is 11.0. The van der Waals surface area contributed by atoms with Gasteiger partial charge in [0, 0.05) is 31.1 Å². The molecule has 3 aromatic rings. The van der Waals surface area contributed by atoms with E-state index in [4.69, 9.17) is 0 Å². The third kappa shape index (κ3) is 4.47. The van der Waals surface area contributed by atoms with Gasteiger partial charge < -0.3 is 19.7 Å². The first-order valence-corrected chi connectivity index (χ1v) is 12.9. The lowest BCUT2D eigenvalue weighted by molar-refractivity contribution is -0.142. The number of fused-ring (bicyclic) bond motifs is 3. The van der Waals surface area contributed by atoms with Crippen LogP contribution in [0, 0.1) is 5.92 Å². The number of alkyl halides is 3. The molecule has 2 aromatic heterocycles. The Labute approximate surface area is 200 Å². The molecule has 1 unspecified atom stereocenters. The standard InChI is InChI=1S/C22H26F3N5O4S/c1-11(2)18-20-27-15-7-13(10-31)17(35(4,33)34)8-16(15)29(20)5-6-30(18)21-26-9-14(12(3)32)19(28-21)22(23,24)25/h7-9,11-12,18,31-32H,5-6,10H2,1-4H3/t12?,18-/m1/s1. The molecule has 2 N–H and O–H groups in total. The van der Waals surface area contributed by atoms with Crippen molar-refractivity contribution >= 4 is 26.8 Å². The summed E-state index contributed by atoms with van der Waals surface area (Å²) >= 11 is 0. The van der Waals surface area contributed by atoms with Crippen LogP contribution in [0.5, 0.6) is 0 Å². The van der Waals surface area contributed by atoms with Gasteiger partial charge in [-0.3, -0.25) is 0 Å². The van der Waals surface area contributed by atoms with Gasteiger partial charge in [-0.05, 0) is 30.5 Å². The van der Waals surface area contributed by atoms with Gasteiger partial charge in [-0.15, -0.1) is 0 Å². The van der Waals surface area contributed by atoms with Crippen LogP contribution < -0.4 is 4.90 Å². The lowest BCUT2D eigenvalue weighted by Crippen LogP contribution is -2.42. The average Bonchev–Trinajstić information content (AvgIpc) is 3.13. The van der Waals surface area contributed by atoms with E-state index in [-0.39, 0.29) is 28.9 Å². The molecule has 9 nitrogen and oxygen atoms in total. The monoisotopic (exact) mass is 513 g/mol. The van der Waals surface area contributed by atoms with Gasteiger partial charge in [-0.2, -0.15) is 13.2 Å². The van der Waals surface area contributed by atoms with Gasteiger partial charge in [0.1, 0.15) is 5.82 Å². The number of hydrogen-bond acceptors (Lipinski definition) is 8. The summed E-state index contributed by atoms with van der Waals surface area (Å²) in [4.78, 5) is 14.3. The molecule has 0 radical (unpaired) electrons. The van der Waals surface area contributed by atoms with Crippen molar-refractivity contribution in [2.75, 3.05) is 17.7 Å². The maximum atomic E-state index is 13.7. The van der Waals surface area contributed by atoms with Crippen LogP contribution in [0.4, 0.5) is 19.1 Å². The Morgan fingerprint density at radius 3 is 2.40 bits per heavy atom. The molecule has 2 atom stereocenters. The molecule has 190 valence electrons. The molecule has 0 fully saturated rings. The first-order chi connectivity index (χ1) is 16.2. The molecule has 0 spiro atoms. The maximum Gasteiger partial charge on any atom is 0.433 e. The topological polar surface area (TPSA) is 121 Å². The van der Waals surface area contributed by atoms with E-state index < -0.39 is 46.0 Å². The van der Waals surface area contributed by atoms with Crippen molar-refractivity contribution in [1.82, 2.24) is 19.5 Å².